The molecule has 1 unspecified atom stereocenters. The van der Waals surface area contributed by atoms with Crippen LogP contribution in [0.1, 0.15) is 68.9 Å². The normalized spacial score (nSPS) is 27.2. The van der Waals surface area contributed by atoms with Gasteiger partial charge in [0, 0.05) is 17.0 Å². The Balaban J connectivity index is 1.65. The molecule has 3 rings (SSSR count). The second-order valence-corrected chi connectivity index (χ2v) is 9.49. The average molecular weight is 342 g/mol. The van der Waals surface area contributed by atoms with E-state index in [0.717, 1.165) is 6.04 Å². The number of hydrogen-bond acceptors (Lipinski definition) is 2. The maximum atomic E-state index is 3.95. The van der Waals surface area contributed by atoms with Gasteiger partial charge in [0.15, 0.2) is 0 Å². The van der Waals surface area contributed by atoms with Crippen LogP contribution in [0.3, 0.4) is 0 Å². The van der Waals surface area contributed by atoms with Gasteiger partial charge in [-0.3, -0.25) is 0 Å². The molecule has 1 aromatic heterocycles. The van der Waals surface area contributed by atoms with E-state index in [1.54, 1.807) is 10.4 Å². The lowest BCUT2D eigenvalue weighted by Gasteiger charge is -2.37. The Labute approximate surface area is 129 Å². The minimum atomic E-state index is 0.571. The Hall–Kier alpha value is 0.140. The summed E-state index contributed by atoms with van der Waals surface area (Å²) in [6.07, 6.45) is 9.39. The molecule has 2 aliphatic rings. The van der Waals surface area contributed by atoms with Crippen LogP contribution >= 0.6 is 27.3 Å². The third-order valence-corrected chi connectivity index (χ3v) is 6.57. The number of rotatable bonds is 2. The van der Waals surface area contributed by atoms with Gasteiger partial charge in [0.25, 0.3) is 0 Å². The van der Waals surface area contributed by atoms with E-state index in [4.69, 9.17) is 0 Å². The lowest BCUT2D eigenvalue weighted by atomic mass is 9.75. The standard InChI is InChI=1S/C16H24BrNS/c1-16(2)8-6-11(7-9-16)18-13-4-3-5-14-12(13)10-15(17)19-14/h10-11,13,18H,3-9H2,1-2H3. The van der Waals surface area contributed by atoms with Crippen molar-refractivity contribution in [2.45, 2.75) is 70.9 Å². The van der Waals surface area contributed by atoms with Gasteiger partial charge < -0.3 is 5.32 Å². The van der Waals surface area contributed by atoms with E-state index in [1.807, 2.05) is 11.3 Å². The van der Waals surface area contributed by atoms with Crippen molar-refractivity contribution in [3.8, 4) is 0 Å². The van der Waals surface area contributed by atoms with Crippen LogP contribution in [0.5, 0.6) is 0 Å². The lowest BCUT2D eigenvalue weighted by molar-refractivity contribution is 0.195. The third kappa shape index (κ3) is 3.25. The van der Waals surface area contributed by atoms with Crippen LogP contribution in [0, 0.1) is 5.41 Å². The number of hydrogen-bond donors (Lipinski definition) is 1. The summed E-state index contributed by atoms with van der Waals surface area (Å²) in [4.78, 5) is 1.60. The van der Waals surface area contributed by atoms with Gasteiger partial charge in [0.1, 0.15) is 0 Å². The van der Waals surface area contributed by atoms with Crippen molar-refractivity contribution in [2.75, 3.05) is 0 Å². The zero-order valence-electron chi connectivity index (χ0n) is 12.0. The lowest BCUT2D eigenvalue weighted by Crippen LogP contribution is -2.38. The SMILES string of the molecule is CC1(C)CCC(NC2CCCc3sc(Br)cc32)CC1. The fourth-order valence-corrected chi connectivity index (χ4v) is 5.36. The maximum Gasteiger partial charge on any atom is 0.0704 e. The van der Waals surface area contributed by atoms with E-state index < -0.39 is 0 Å². The van der Waals surface area contributed by atoms with Crippen molar-refractivity contribution >= 4 is 27.3 Å². The van der Waals surface area contributed by atoms with Gasteiger partial charge in [-0.2, -0.15) is 0 Å². The van der Waals surface area contributed by atoms with E-state index >= 15 is 0 Å². The molecule has 0 saturated heterocycles. The molecule has 2 aliphatic carbocycles. The predicted molar refractivity (Wildman–Crippen MR) is 86.9 cm³/mol. The predicted octanol–water partition coefficient (Wildman–Crippen LogP) is 5.45. The zero-order chi connectivity index (χ0) is 13.5. The summed E-state index contributed by atoms with van der Waals surface area (Å²) >= 11 is 5.58. The van der Waals surface area contributed by atoms with Crippen LogP contribution in [0.4, 0.5) is 0 Å². The van der Waals surface area contributed by atoms with E-state index in [9.17, 15) is 0 Å². The Kier molecular flexibility index (Phi) is 4.08. The molecule has 0 bridgehead atoms. The second-order valence-electron chi connectivity index (χ2n) is 6.98. The highest BCUT2D eigenvalue weighted by atomic mass is 79.9. The van der Waals surface area contributed by atoms with Crippen LogP contribution in [0.2, 0.25) is 0 Å². The molecule has 0 aromatic carbocycles. The zero-order valence-corrected chi connectivity index (χ0v) is 14.4. The molecule has 0 amide bonds. The molecule has 0 radical (unpaired) electrons. The van der Waals surface area contributed by atoms with Crippen LogP contribution in [0.15, 0.2) is 9.85 Å². The molecular formula is C16H24BrNS. The van der Waals surface area contributed by atoms with Crippen LogP contribution in [-0.4, -0.2) is 6.04 Å². The van der Waals surface area contributed by atoms with Crippen LogP contribution < -0.4 is 5.32 Å². The van der Waals surface area contributed by atoms with Gasteiger partial charge in [0.05, 0.1) is 3.79 Å². The Morgan fingerprint density at radius 1 is 1.26 bits per heavy atom. The van der Waals surface area contributed by atoms with E-state index in [0.29, 0.717) is 11.5 Å². The second kappa shape index (κ2) is 5.50. The Morgan fingerprint density at radius 3 is 2.74 bits per heavy atom. The van der Waals surface area contributed by atoms with E-state index in [1.165, 1.54) is 48.7 Å². The summed E-state index contributed by atoms with van der Waals surface area (Å²) in [6, 6.07) is 3.70. The van der Waals surface area contributed by atoms with Gasteiger partial charge >= 0.3 is 0 Å². The average Bonchev–Trinajstić information content (AvgIpc) is 2.73. The van der Waals surface area contributed by atoms with Crippen molar-refractivity contribution in [1.29, 1.82) is 0 Å². The molecule has 3 heteroatoms. The summed E-state index contributed by atoms with van der Waals surface area (Å²) in [5.41, 5.74) is 2.15. The number of aryl methyl sites for hydroxylation is 1. The van der Waals surface area contributed by atoms with E-state index in [2.05, 4.69) is 41.2 Å². The first-order valence-corrected chi connectivity index (χ1v) is 9.19. The van der Waals surface area contributed by atoms with Crippen molar-refractivity contribution in [3.63, 3.8) is 0 Å². The molecule has 1 atom stereocenters. The summed E-state index contributed by atoms with van der Waals surface area (Å²) in [5.74, 6) is 0. The minimum absolute atomic E-state index is 0.571. The van der Waals surface area contributed by atoms with E-state index in [-0.39, 0.29) is 0 Å². The molecule has 1 N–H and O–H groups in total. The maximum absolute atomic E-state index is 3.95. The Bertz CT molecular complexity index is 442. The summed E-state index contributed by atoms with van der Waals surface area (Å²) in [5, 5.41) is 3.95. The minimum Gasteiger partial charge on any atom is -0.307 e. The van der Waals surface area contributed by atoms with Crippen LogP contribution in [-0.2, 0) is 6.42 Å². The topological polar surface area (TPSA) is 12.0 Å². The molecule has 1 fully saturated rings. The number of fused-ring (bicyclic) bond motifs is 1. The molecule has 1 heterocycles. The van der Waals surface area contributed by atoms with Crippen molar-refractivity contribution in [2.24, 2.45) is 5.41 Å². The van der Waals surface area contributed by atoms with Gasteiger partial charge in [-0.25, -0.2) is 0 Å². The molecular weight excluding hydrogens is 318 g/mol. The fraction of sp³-hybridized carbons (Fsp3) is 0.750. The van der Waals surface area contributed by atoms with Crippen molar-refractivity contribution in [1.82, 2.24) is 5.32 Å². The molecule has 19 heavy (non-hydrogen) atoms. The summed E-state index contributed by atoms with van der Waals surface area (Å²) in [7, 11) is 0. The number of thiophene rings is 1. The quantitative estimate of drug-likeness (QED) is 0.754. The van der Waals surface area contributed by atoms with Crippen LogP contribution in [0.25, 0.3) is 0 Å². The first-order valence-electron chi connectivity index (χ1n) is 7.58. The molecule has 1 aromatic rings. The number of halogens is 1. The molecule has 0 aliphatic heterocycles. The Morgan fingerprint density at radius 2 is 2.00 bits per heavy atom. The highest BCUT2D eigenvalue weighted by Crippen LogP contribution is 2.40. The summed E-state index contributed by atoms with van der Waals surface area (Å²) in [6.45, 7) is 4.83. The molecule has 1 nitrogen and oxygen atoms in total. The van der Waals surface area contributed by atoms with Gasteiger partial charge in [0.2, 0.25) is 0 Å². The first-order chi connectivity index (χ1) is 9.03. The fourth-order valence-electron chi connectivity index (χ4n) is 3.54. The highest BCUT2D eigenvalue weighted by Gasteiger charge is 2.30. The largest absolute Gasteiger partial charge is 0.307 e. The van der Waals surface area contributed by atoms with Gasteiger partial charge in [-0.1, -0.05) is 13.8 Å². The smallest absolute Gasteiger partial charge is 0.0704 e. The van der Waals surface area contributed by atoms with Crippen molar-refractivity contribution in [3.05, 3.63) is 20.3 Å². The molecule has 0 spiro atoms. The molecule has 1 saturated carbocycles. The van der Waals surface area contributed by atoms with Gasteiger partial charge in [-0.05, 0) is 77.9 Å². The molecule has 106 valence electrons. The summed E-state index contributed by atoms with van der Waals surface area (Å²) < 4.78 is 1.30. The number of nitrogens with one attached hydrogen (secondary N) is 1. The monoisotopic (exact) mass is 341 g/mol. The first kappa shape index (κ1) is 14.1. The van der Waals surface area contributed by atoms with Gasteiger partial charge in [-0.15, -0.1) is 11.3 Å². The highest BCUT2D eigenvalue weighted by molar-refractivity contribution is 9.11. The van der Waals surface area contributed by atoms with Crippen molar-refractivity contribution < 1.29 is 0 Å². The third-order valence-electron chi connectivity index (χ3n) is 4.86.